The molecule has 0 fully saturated rings. The second kappa shape index (κ2) is 10.8. The predicted octanol–water partition coefficient (Wildman–Crippen LogP) is 5.07. The average molecular weight is 544 g/mol. The maximum absolute atomic E-state index is 14.1. The smallest absolute Gasteiger partial charge is 0.255 e. The van der Waals surface area contributed by atoms with E-state index in [0.29, 0.717) is 18.7 Å². The molecule has 204 valence electrons. The summed E-state index contributed by atoms with van der Waals surface area (Å²) >= 11 is 5.07. The van der Waals surface area contributed by atoms with Crippen LogP contribution in [0.3, 0.4) is 0 Å². The Morgan fingerprint density at radius 2 is 1.41 bits per heavy atom. The van der Waals surface area contributed by atoms with Crippen molar-refractivity contribution in [2.45, 2.75) is 33.2 Å². The highest BCUT2D eigenvalue weighted by Gasteiger charge is 2.56. The summed E-state index contributed by atoms with van der Waals surface area (Å²) in [6.07, 6.45) is 0. The van der Waals surface area contributed by atoms with Gasteiger partial charge in [-0.05, 0) is 63.7 Å². The SMILES string of the molecule is CCN(CC)c1ccc2c(c1)Oc1cc(N(CC)CC)ccc1C21c2ccccc2C(=O)N1CCNC(N)=S. The first-order valence-corrected chi connectivity index (χ1v) is 14.2. The number of nitrogens with zero attached hydrogens (tertiary/aromatic N) is 3. The van der Waals surface area contributed by atoms with Crippen LogP contribution in [0.25, 0.3) is 0 Å². The standard InChI is InChI=1S/C31H37N5O2S/c1-5-34(6-2)21-13-15-25-27(19-21)38-28-20-22(35(7-3)8-4)14-16-26(28)31(25)24-12-10-9-11-23(24)29(37)36(31)18-17-33-30(32)39/h9-16,19-20H,5-8,17-18H2,1-4H3,(H3,32,33,39). The van der Waals surface area contributed by atoms with Crippen LogP contribution < -0.4 is 25.6 Å². The van der Waals surface area contributed by atoms with Crippen LogP contribution in [0.5, 0.6) is 11.5 Å². The number of carbonyl (C=O) groups excluding carboxylic acids is 1. The Morgan fingerprint density at radius 1 is 0.872 bits per heavy atom. The molecule has 0 atom stereocenters. The molecule has 2 aliphatic heterocycles. The van der Waals surface area contributed by atoms with E-state index in [-0.39, 0.29) is 11.0 Å². The maximum atomic E-state index is 14.1. The number of benzene rings is 3. The molecule has 5 rings (SSSR count). The number of fused-ring (bicyclic) bond motifs is 6. The number of carbonyl (C=O) groups is 1. The predicted molar refractivity (Wildman–Crippen MR) is 162 cm³/mol. The van der Waals surface area contributed by atoms with Crippen molar-refractivity contribution in [2.75, 3.05) is 49.1 Å². The van der Waals surface area contributed by atoms with E-state index in [0.717, 1.165) is 65.7 Å². The van der Waals surface area contributed by atoms with Crippen molar-refractivity contribution in [1.29, 1.82) is 0 Å². The van der Waals surface area contributed by atoms with Crippen LogP contribution in [0.1, 0.15) is 54.7 Å². The lowest BCUT2D eigenvalue weighted by atomic mass is 9.74. The van der Waals surface area contributed by atoms with Gasteiger partial charge in [-0.2, -0.15) is 0 Å². The minimum absolute atomic E-state index is 0.0187. The summed E-state index contributed by atoms with van der Waals surface area (Å²) in [5, 5.41) is 3.26. The van der Waals surface area contributed by atoms with Gasteiger partial charge in [-0.3, -0.25) is 4.79 Å². The lowest BCUT2D eigenvalue weighted by molar-refractivity contribution is 0.0670. The summed E-state index contributed by atoms with van der Waals surface area (Å²) in [6, 6.07) is 20.7. The van der Waals surface area contributed by atoms with Crippen LogP contribution in [0.4, 0.5) is 11.4 Å². The zero-order valence-electron chi connectivity index (χ0n) is 23.2. The van der Waals surface area contributed by atoms with Gasteiger partial charge in [0.2, 0.25) is 0 Å². The molecule has 1 spiro atoms. The molecule has 0 radical (unpaired) electrons. The highest BCUT2D eigenvalue weighted by molar-refractivity contribution is 7.80. The van der Waals surface area contributed by atoms with E-state index in [4.69, 9.17) is 22.7 Å². The van der Waals surface area contributed by atoms with E-state index < -0.39 is 5.54 Å². The molecule has 0 saturated heterocycles. The second-order valence-corrected chi connectivity index (χ2v) is 10.3. The number of hydrogen-bond donors (Lipinski definition) is 2. The molecule has 0 aliphatic carbocycles. The van der Waals surface area contributed by atoms with Crippen molar-refractivity contribution in [2.24, 2.45) is 5.73 Å². The fourth-order valence-electron chi connectivity index (χ4n) is 6.19. The first-order valence-electron chi connectivity index (χ1n) is 13.8. The second-order valence-electron chi connectivity index (χ2n) is 9.81. The lowest BCUT2D eigenvalue weighted by Gasteiger charge is -2.45. The number of rotatable bonds is 9. The Balaban J connectivity index is 1.79. The molecular weight excluding hydrogens is 506 g/mol. The Kier molecular flexibility index (Phi) is 7.40. The molecule has 0 unspecified atom stereocenters. The molecule has 8 heteroatoms. The Hall–Kier alpha value is -3.78. The highest BCUT2D eigenvalue weighted by Crippen LogP contribution is 2.58. The summed E-state index contributed by atoms with van der Waals surface area (Å²) in [4.78, 5) is 20.6. The third kappa shape index (κ3) is 4.27. The van der Waals surface area contributed by atoms with Gasteiger partial charge in [0.15, 0.2) is 5.11 Å². The van der Waals surface area contributed by atoms with Crippen LogP contribution in [-0.4, -0.2) is 55.2 Å². The molecule has 0 aromatic heterocycles. The first-order chi connectivity index (χ1) is 18.9. The first kappa shape index (κ1) is 26.8. The summed E-state index contributed by atoms with van der Waals surface area (Å²) in [6.45, 7) is 13.0. The maximum Gasteiger partial charge on any atom is 0.255 e. The summed E-state index contributed by atoms with van der Waals surface area (Å²) in [5.41, 5.74) is 10.7. The van der Waals surface area contributed by atoms with Crippen molar-refractivity contribution >= 4 is 34.6 Å². The van der Waals surface area contributed by atoms with Crippen LogP contribution >= 0.6 is 12.2 Å². The summed E-state index contributed by atoms with van der Waals surface area (Å²) in [7, 11) is 0. The van der Waals surface area contributed by atoms with Crippen molar-refractivity contribution in [3.05, 3.63) is 82.9 Å². The molecule has 2 heterocycles. The van der Waals surface area contributed by atoms with Crippen molar-refractivity contribution in [1.82, 2.24) is 10.2 Å². The normalized spacial score (nSPS) is 14.4. The van der Waals surface area contributed by atoms with E-state index >= 15 is 0 Å². The van der Waals surface area contributed by atoms with E-state index in [1.54, 1.807) is 0 Å². The van der Waals surface area contributed by atoms with Gasteiger partial charge < -0.3 is 30.5 Å². The molecule has 1 amide bonds. The summed E-state index contributed by atoms with van der Waals surface area (Å²) < 4.78 is 6.72. The minimum Gasteiger partial charge on any atom is -0.456 e. The largest absolute Gasteiger partial charge is 0.456 e. The number of hydrogen-bond acceptors (Lipinski definition) is 5. The molecule has 3 N–H and O–H groups in total. The number of ether oxygens (including phenoxy) is 1. The Labute approximate surface area is 236 Å². The molecule has 3 aromatic rings. The summed E-state index contributed by atoms with van der Waals surface area (Å²) in [5.74, 6) is 1.51. The van der Waals surface area contributed by atoms with Crippen LogP contribution in [0.2, 0.25) is 0 Å². The van der Waals surface area contributed by atoms with E-state index in [2.05, 4.69) is 85.3 Å². The fourth-order valence-corrected chi connectivity index (χ4v) is 6.29. The van der Waals surface area contributed by atoms with Crippen molar-refractivity contribution in [3.8, 4) is 11.5 Å². The minimum atomic E-state index is -0.849. The quantitative estimate of drug-likeness (QED) is 0.365. The molecule has 0 bridgehead atoms. The van der Waals surface area contributed by atoms with Gasteiger partial charge in [0.25, 0.3) is 5.91 Å². The van der Waals surface area contributed by atoms with Gasteiger partial charge in [-0.25, -0.2) is 0 Å². The zero-order valence-corrected chi connectivity index (χ0v) is 24.0. The molecule has 0 saturated carbocycles. The van der Waals surface area contributed by atoms with E-state index in [1.807, 2.05) is 23.1 Å². The van der Waals surface area contributed by atoms with Crippen LogP contribution in [0, 0.1) is 0 Å². The van der Waals surface area contributed by atoms with Crippen molar-refractivity contribution in [3.63, 3.8) is 0 Å². The Bertz CT molecular complexity index is 1340. The van der Waals surface area contributed by atoms with Gasteiger partial charge in [-0.15, -0.1) is 0 Å². The van der Waals surface area contributed by atoms with Gasteiger partial charge >= 0.3 is 0 Å². The highest BCUT2D eigenvalue weighted by atomic mass is 32.1. The fraction of sp³-hybridized carbons (Fsp3) is 0.355. The average Bonchev–Trinajstić information content (AvgIpc) is 3.18. The lowest BCUT2D eigenvalue weighted by Crippen LogP contribution is -2.50. The van der Waals surface area contributed by atoms with E-state index in [1.165, 1.54) is 0 Å². The third-order valence-corrected chi connectivity index (χ3v) is 8.16. The molecule has 39 heavy (non-hydrogen) atoms. The van der Waals surface area contributed by atoms with Gasteiger partial charge in [0.05, 0.1) is 0 Å². The molecule has 7 nitrogen and oxygen atoms in total. The molecular formula is C31H37N5O2S. The van der Waals surface area contributed by atoms with Crippen molar-refractivity contribution < 1.29 is 9.53 Å². The topological polar surface area (TPSA) is 74.1 Å². The zero-order chi connectivity index (χ0) is 27.7. The number of nitrogens with two attached hydrogens (primary N) is 1. The van der Waals surface area contributed by atoms with E-state index in [9.17, 15) is 4.79 Å². The van der Waals surface area contributed by atoms with Gasteiger partial charge in [0, 0.05) is 79.5 Å². The number of amides is 1. The van der Waals surface area contributed by atoms with Gasteiger partial charge in [-0.1, -0.05) is 30.3 Å². The monoisotopic (exact) mass is 543 g/mol. The number of nitrogens with one attached hydrogen (secondary N) is 1. The Morgan fingerprint density at radius 3 is 1.92 bits per heavy atom. The van der Waals surface area contributed by atoms with Gasteiger partial charge in [0.1, 0.15) is 17.0 Å². The number of anilines is 2. The molecule has 2 aliphatic rings. The molecule has 3 aromatic carbocycles. The van der Waals surface area contributed by atoms with Crippen LogP contribution in [-0.2, 0) is 5.54 Å². The van der Waals surface area contributed by atoms with Crippen LogP contribution in [0.15, 0.2) is 60.7 Å². The number of thiocarbonyl (C=S) groups is 1. The third-order valence-electron chi connectivity index (χ3n) is 8.02.